The Morgan fingerprint density at radius 2 is 2.10 bits per heavy atom. The molecular weight excluding hydrogens is 272 g/mol. The molecule has 2 aliphatic rings. The van der Waals surface area contributed by atoms with Crippen LogP contribution in [0.5, 0.6) is 11.5 Å². The molecule has 2 aliphatic heterocycles. The van der Waals surface area contributed by atoms with E-state index in [1.807, 2.05) is 18.2 Å². The number of nitrogens with zero attached hydrogens (tertiary/aromatic N) is 1. The summed E-state index contributed by atoms with van der Waals surface area (Å²) in [4.78, 5) is 25.1. The van der Waals surface area contributed by atoms with Crippen LogP contribution in [0.25, 0.3) is 0 Å². The quantitative estimate of drug-likeness (QED) is 0.883. The molecule has 2 amide bonds. The van der Waals surface area contributed by atoms with Crippen LogP contribution in [0.3, 0.4) is 0 Å². The second-order valence-electron chi connectivity index (χ2n) is 5.37. The predicted molar refractivity (Wildman–Crippen MR) is 75.0 cm³/mol. The van der Waals surface area contributed by atoms with E-state index in [-0.39, 0.29) is 17.7 Å². The maximum atomic E-state index is 12.1. The molecule has 1 fully saturated rings. The molecule has 0 aliphatic carbocycles. The Hall–Kier alpha value is -2.24. The van der Waals surface area contributed by atoms with Gasteiger partial charge in [0.2, 0.25) is 11.8 Å². The van der Waals surface area contributed by atoms with Crippen molar-refractivity contribution in [1.29, 1.82) is 0 Å². The number of carbonyl (C=O) groups excluding carboxylic acids is 2. The predicted octanol–water partition coefficient (Wildman–Crippen LogP) is 0.552. The van der Waals surface area contributed by atoms with Gasteiger partial charge in [0.25, 0.3) is 0 Å². The van der Waals surface area contributed by atoms with Crippen LogP contribution in [0.4, 0.5) is 0 Å². The highest BCUT2D eigenvalue weighted by molar-refractivity contribution is 5.89. The third kappa shape index (κ3) is 2.94. The molecule has 0 unspecified atom stereocenters. The van der Waals surface area contributed by atoms with E-state index in [1.54, 1.807) is 11.9 Å². The number of carbonyl (C=O) groups is 2. The minimum absolute atomic E-state index is 0.0227. The maximum absolute atomic E-state index is 12.1. The summed E-state index contributed by atoms with van der Waals surface area (Å²) in [5.74, 6) is 1.14. The van der Waals surface area contributed by atoms with Crippen LogP contribution in [0.1, 0.15) is 12.0 Å². The fraction of sp³-hybridized carbons (Fsp3) is 0.467. The standard InChI is InChI=1S/C15H18N2O4/c1-17-9-11(7-14(17)18)15(19)16-8-10-2-3-12-13(6-10)21-5-4-20-12/h2-3,6,11H,4-5,7-9H2,1H3,(H,16,19)/t11-/m0/s1. The van der Waals surface area contributed by atoms with Crippen molar-refractivity contribution >= 4 is 11.8 Å². The molecule has 3 rings (SSSR count). The molecule has 0 radical (unpaired) electrons. The van der Waals surface area contributed by atoms with Crippen LogP contribution in [-0.2, 0) is 16.1 Å². The summed E-state index contributed by atoms with van der Waals surface area (Å²) in [6, 6.07) is 5.63. The number of benzene rings is 1. The van der Waals surface area contributed by atoms with Crippen molar-refractivity contribution in [2.24, 2.45) is 5.92 Å². The molecular formula is C15H18N2O4. The summed E-state index contributed by atoms with van der Waals surface area (Å²) in [7, 11) is 1.72. The monoisotopic (exact) mass is 290 g/mol. The Morgan fingerprint density at radius 1 is 1.33 bits per heavy atom. The van der Waals surface area contributed by atoms with Crippen LogP contribution in [0, 0.1) is 5.92 Å². The van der Waals surface area contributed by atoms with Gasteiger partial charge in [0.05, 0.1) is 5.92 Å². The van der Waals surface area contributed by atoms with E-state index < -0.39 is 0 Å². The van der Waals surface area contributed by atoms with Gasteiger partial charge in [0.15, 0.2) is 11.5 Å². The van der Waals surface area contributed by atoms with Crippen molar-refractivity contribution in [2.45, 2.75) is 13.0 Å². The van der Waals surface area contributed by atoms with Crippen molar-refractivity contribution < 1.29 is 19.1 Å². The zero-order valence-electron chi connectivity index (χ0n) is 11.9. The Morgan fingerprint density at radius 3 is 2.81 bits per heavy atom. The lowest BCUT2D eigenvalue weighted by atomic mass is 10.1. The zero-order valence-corrected chi connectivity index (χ0v) is 11.9. The molecule has 21 heavy (non-hydrogen) atoms. The topological polar surface area (TPSA) is 67.9 Å². The SMILES string of the molecule is CN1C[C@@H](C(=O)NCc2ccc3c(c2)OCCO3)CC1=O. The Kier molecular flexibility index (Phi) is 3.68. The van der Waals surface area contributed by atoms with Gasteiger partial charge in [-0.25, -0.2) is 0 Å². The number of likely N-dealkylation sites (tertiary alicyclic amines) is 1. The Balaban J connectivity index is 1.58. The summed E-state index contributed by atoms with van der Waals surface area (Å²) in [6.45, 7) is 2.02. The highest BCUT2D eigenvalue weighted by Gasteiger charge is 2.31. The summed E-state index contributed by atoms with van der Waals surface area (Å²) in [5, 5.41) is 2.87. The second-order valence-corrected chi connectivity index (χ2v) is 5.37. The molecule has 1 aromatic rings. The Labute approximate surface area is 123 Å². The number of hydrogen-bond donors (Lipinski definition) is 1. The van der Waals surface area contributed by atoms with Crippen LogP contribution in [0.2, 0.25) is 0 Å². The van der Waals surface area contributed by atoms with E-state index >= 15 is 0 Å². The summed E-state index contributed by atoms with van der Waals surface area (Å²) in [6.07, 6.45) is 0.295. The summed E-state index contributed by atoms with van der Waals surface area (Å²) < 4.78 is 11.0. The van der Waals surface area contributed by atoms with Gasteiger partial charge in [-0.15, -0.1) is 0 Å². The average Bonchev–Trinajstić information content (AvgIpc) is 2.84. The second kappa shape index (κ2) is 5.63. The molecule has 1 atom stereocenters. The molecule has 0 aromatic heterocycles. The van der Waals surface area contributed by atoms with E-state index in [0.29, 0.717) is 38.5 Å². The Bertz CT molecular complexity index is 573. The lowest BCUT2D eigenvalue weighted by Gasteiger charge is -2.19. The van der Waals surface area contributed by atoms with Crippen molar-refractivity contribution in [3.05, 3.63) is 23.8 Å². The van der Waals surface area contributed by atoms with Crippen LogP contribution in [0.15, 0.2) is 18.2 Å². The number of amides is 2. The molecule has 0 spiro atoms. The molecule has 112 valence electrons. The van der Waals surface area contributed by atoms with Gasteiger partial charge in [-0.05, 0) is 17.7 Å². The third-order valence-electron chi connectivity index (χ3n) is 3.79. The largest absolute Gasteiger partial charge is 0.486 e. The first-order valence-electron chi connectivity index (χ1n) is 7.03. The number of ether oxygens (including phenoxy) is 2. The summed E-state index contributed by atoms with van der Waals surface area (Å²) in [5.41, 5.74) is 0.949. The van der Waals surface area contributed by atoms with Crippen LogP contribution >= 0.6 is 0 Å². The lowest BCUT2D eigenvalue weighted by molar-refractivity contribution is -0.128. The van der Waals surface area contributed by atoms with Crippen molar-refractivity contribution in [3.63, 3.8) is 0 Å². The van der Waals surface area contributed by atoms with Crippen molar-refractivity contribution in [3.8, 4) is 11.5 Å². The van der Waals surface area contributed by atoms with E-state index in [9.17, 15) is 9.59 Å². The van der Waals surface area contributed by atoms with Gasteiger partial charge in [0, 0.05) is 26.6 Å². The number of fused-ring (bicyclic) bond motifs is 1. The van der Waals surface area contributed by atoms with Gasteiger partial charge in [-0.3, -0.25) is 9.59 Å². The minimum atomic E-state index is -0.250. The van der Waals surface area contributed by atoms with Crippen LogP contribution < -0.4 is 14.8 Å². The van der Waals surface area contributed by atoms with E-state index in [2.05, 4.69) is 5.32 Å². The fourth-order valence-electron chi connectivity index (χ4n) is 2.57. The first-order chi connectivity index (χ1) is 10.1. The van der Waals surface area contributed by atoms with E-state index in [1.165, 1.54) is 0 Å². The third-order valence-corrected chi connectivity index (χ3v) is 3.79. The molecule has 0 bridgehead atoms. The molecule has 1 aromatic carbocycles. The fourth-order valence-corrected chi connectivity index (χ4v) is 2.57. The van der Waals surface area contributed by atoms with E-state index in [0.717, 1.165) is 11.3 Å². The molecule has 6 nitrogen and oxygen atoms in total. The van der Waals surface area contributed by atoms with E-state index in [4.69, 9.17) is 9.47 Å². The van der Waals surface area contributed by atoms with Gasteiger partial charge < -0.3 is 19.7 Å². The number of nitrogens with one attached hydrogen (secondary N) is 1. The average molecular weight is 290 g/mol. The molecule has 2 heterocycles. The lowest BCUT2D eigenvalue weighted by Crippen LogP contribution is -2.31. The smallest absolute Gasteiger partial charge is 0.225 e. The first kappa shape index (κ1) is 13.7. The first-order valence-corrected chi connectivity index (χ1v) is 7.03. The molecule has 6 heteroatoms. The van der Waals surface area contributed by atoms with Crippen LogP contribution in [-0.4, -0.2) is 43.5 Å². The highest BCUT2D eigenvalue weighted by atomic mass is 16.6. The van der Waals surface area contributed by atoms with Gasteiger partial charge in [-0.2, -0.15) is 0 Å². The minimum Gasteiger partial charge on any atom is -0.486 e. The normalized spacial score (nSPS) is 20.5. The maximum Gasteiger partial charge on any atom is 0.225 e. The molecule has 1 N–H and O–H groups in total. The van der Waals surface area contributed by atoms with Gasteiger partial charge in [-0.1, -0.05) is 6.07 Å². The number of rotatable bonds is 3. The van der Waals surface area contributed by atoms with Crippen molar-refractivity contribution in [2.75, 3.05) is 26.8 Å². The summed E-state index contributed by atoms with van der Waals surface area (Å²) >= 11 is 0. The van der Waals surface area contributed by atoms with Crippen molar-refractivity contribution in [1.82, 2.24) is 10.2 Å². The van der Waals surface area contributed by atoms with Gasteiger partial charge >= 0.3 is 0 Å². The zero-order chi connectivity index (χ0) is 14.8. The van der Waals surface area contributed by atoms with Gasteiger partial charge in [0.1, 0.15) is 13.2 Å². The molecule has 0 saturated carbocycles. The highest BCUT2D eigenvalue weighted by Crippen LogP contribution is 2.30. The molecule has 1 saturated heterocycles. The number of hydrogen-bond acceptors (Lipinski definition) is 4.